The molecule has 1 fully saturated rings. The third-order valence-electron chi connectivity index (χ3n) is 4.34. The van der Waals surface area contributed by atoms with Crippen LogP contribution in [0.25, 0.3) is 0 Å². The molecule has 8 heteroatoms. The zero-order valence-electron chi connectivity index (χ0n) is 14.1. The van der Waals surface area contributed by atoms with Crippen molar-refractivity contribution in [2.24, 2.45) is 0 Å². The Bertz CT molecular complexity index is 368. The lowest BCUT2D eigenvalue weighted by molar-refractivity contribution is -0.245. The van der Waals surface area contributed by atoms with Crippen LogP contribution in [0.2, 0.25) is 0 Å². The number of hydrogen-bond acceptors (Lipinski definition) is 7. The monoisotopic (exact) mass is 349 g/mol. The van der Waals surface area contributed by atoms with Gasteiger partial charge in [0.05, 0.1) is 6.61 Å². The molecule has 24 heavy (non-hydrogen) atoms. The number of carboxylic acid groups (broad SMARTS) is 1. The third-order valence-corrected chi connectivity index (χ3v) is 4.34. The number of aliphatic hydroxyl groups is 4. The van der Waals surface area contributed by atoms with E-state index in [2.05, 4.69) is 5.32 Å². The van der Waals surface area contributed by atoms with Crippen LogP contribution in [0.3, 0.4) is 0 Å². The summed E-state index contributed by atoms with van der Waals surface area (Å²) in [4.78, 5) is 10.3. The van der Waals surface area contributed by atoms with Crippen molar-refractivity contribution >= 4 is 5.97 Å². The SMILES string of the molecule is O=C(O)CCCCCCCCCNC[C@H]1O[C@@](O)(CO)[C@H](O)[C@H]1O. The Labute approximate surface area is 142 Å². The van der Waals surface area contributed by atoms with Crippen molar-refractivity contribution in [3.05, 3.63) is 0 Å². The van der Waals surface area contributed by atoms with Crippen molar-refractivity contribution in [2.75, 3.05) is 19.7 Å². The van der Waals surface area contributed by atoms with Gasteiger partial charge in [-0.05, 0) is 19.4 Å². The van der Waals surface area contributed by atoms with Gasteiger partial charge in [-0.25, -0.2) is 0 Å². The molecule has 0 amide bonds. The second-order valence-electron chi connectivity index (χ2n) is 6.42. The minimum Gasteiger partial charge on any atom is -0.481 e. The number of ether oxygens (including phenoxy) is 1. The van der Waals surface area contributed by atoms with E-state index in [0.29, 0.717) is 0 Å². The van der Waals surface area contributed by atoms with Gasteiger partial charge in [-0.15, -0.1) is 0 Å². The lowest BCUT2D eigenvalue weighted by atomic mass is 10.1. The number of unbranched alkanes of at least 4 members (excludes halogenated alkanes) is 6. The van der Waals surface area contributed by atoms with Crippen molar-refractivity contribution in [2.45, 2.75) is 75.5 Å². The van der Waals surface area contributed by atoms with Crippen LogP contribution in [-0.4, -0.2) is 75.3 Å². The third kappa shape index (κ3) is 7.00. The maximum absolute atomic E-state index is 10.3. The fourth-order valence-electron chi connectivity index (χ4n) is 2.82. The number of aliphatic hydroxyl groups excluding tert-OH is 3. The molecule has 1 saturated heterocycles. The first-order valence-corrected chi connectivity index (χ1v) is 8.70. The Morgan fingerprint density at radius 2 is 1.62 bits per heavy atom. The van der Waals surface area contributed by atoms with Gasteiger partial charge in [-0.2, -0.15) is 0 Å². The van der Waals surface area contributed by atoms with E-state index in [-0.39, 0.29) is 13.0 Å². The van der Waals surface area contributed by atoms with E-state index >= 15 is 0 Å². The molecule has 142 valence electrons. The summed E-state index contributed by atoms with van der Waals surface area (Å²) in [6, 6.07) is 0. The van der Waals surface area contributed by atoms with Crippen molar-refractivity contribution in [3.63, 3.8) is 0 Å². The first kappa shape index (κ1) is 21.3. The molecule has 0 spiro atoms. The predicted octanol–water partition coefficient (Wildman–Crippen LogP) is -0.417. The molecule has 0 aromatic rings. The maximum atomic E-state index is 10.3. The molecule has 1 aliphatic rings. The van der Waals surface area contributed by atoms with Gasteiger partial charge in [0, 0.05) is 13.0 Å². The van der Waals surface area contributed by atoms with Crippen LogP contribution in [-0.2, 0) is 9.53 Å². The highest BCUT2D eigenvalue weighted by atomic mass is 16.7. The summed E-state index contributed by atoms with van der Waals surface area (Å²) in [6.07, 6.45) is 3.71. The van der Waals surface area contributed by atoms with E-state index in [1.807, 2.05) is 0 Å². The Hall–Kier alpha value is -0.770. The van der Waals surface area contributed by atoms with E-state index < -0.39 is 36.7 Å². The number of aliphatic carboxylic acids is 1. The van der Waals surface area contributed by atoms with Gasteiger partial charge >= 0.3 is 5.97 Å². The highest BCUT2D eigenvalue weighted by Crippen LogP contribution is 2.28. The largest absolute Gasteiger partial charge is 0.481 e. The maximum Gasteiger partial charge on any atom is 0.303 e. The van der Waals surface area contributed by atoms with Crippen LogP contribution in [0, 0.1) is 0 Å². The molecule has 0 aromatic heterocycles. The molecule has 1 aliphatic heterocycles. The molecule has 0 aromatic carbocycles. The highest BCUT2D eigenvalue weighted by Gasteiger charge is 2.52. The summed E-state index contributed by atoms with van der Waals surface area (Å²) >= 11 is 0. The van der Waals surface area contributed by atoms with Crippen molar-refractivity contribution in [1.29, 1.82) is 0 Å². The minimum atomic E-state index is -2.09. The summed E-state index contributed by atoms with van der Waals surface area (Å²) in [5, 5.41) is 49.8. The zero-order valence-corrected chi connectivity index (χ0v) is 14.1. The Kier molecular flexibility index (Phi) is 9.72. The number of nitrogens with one attached hydrogen (secondary N) is 1. The number of carbonyl (C=O) groups is 1. The zero-order chi connectivity index (χ0) is 18.0. The Morgan fingerprint density at radius 3 is 2.17 bits per heavy atom. The average molecular weight is 349 g/mol. The van der Waals surface area contributed by atoms with E-state index in [1.54, 1.807) is 0 Å². The summed E-state index contributed by atoms with van der Waals surface area (Å²) in [7, 11) is 0. The average Bonchev–Trinajstić information content (AvgIpc) is 2.77. The van der Waals surface area contributed by atoms with E-state index in [0.717, 1.165) is 51.5 Å². The quantitative estimate of drug-likeness (QED) is 0.247. The van der Waals surface area contributed by atoms with Gasteiger partial charge in [0.1, 0.15) is 18.3 Å². The van der Waals surface area contributed by atoms with Crippen LogP contribution < -0.4 is 5.32 Å². The molecule has 1 heterocycles. The standard InChI is InChI=1S/C16H31NO7/c18-11-16(23)15(22)14(21)12(24-16)10-17-9-7-5-3-1-2-4-6-8-13(19)20/h12,14-15,17-18,21-23H,1-11H2,(H,19,20)/t12-,14+,15-,16+/m1/s1. The number of carboxylic acids is 1. The van der Waals surface area contributed by atoms with Gasteiger partial charge < -0.3 is 35.6 Å². The molecule has 6 N–H and O–H groups in total. The van der Waals surface area contributed by atoms with Crippen molar-refractivity contribution < 1.29 is 35.1 Å². The molecule has 0 aliphatic carbocycles. The number of rotatable bonds is 13. The minimum absolute atomic E-state index is 0.249. The fraction of sp³-hybridized carbons (Fsp3) is 0.938. The molecule has 1 rings (SSSR count). The van der Waals surface area contributed by atoms with Crippen LogP contribution in [0.1, 0.15) is 51.4 Å². The smallest absolute Gasteiger partial charge is 0.303 e. The van der Waals surface area contributed by atoms with E-state index in [9.17, 15) is 20.1 Å². The van der Waals surface area contributed by atoms with Crippen LogP contribution in [0.4, 0.5) is 0 Å². The second-order valence-corrected chi connectivity index (χ2v) is 6.42. The van der Waals surface area contributed by atoms with Crippen LogP contribution in [0.15, 0.2) is 0 Å². The topological polar surface area (TPSA) is 139 Å². The van der Waals surface area contributed by atoms with Gasteiger partial charge in [-0.1, -0.05) is 32.1 Å². The van der Waals surface area contributed by atoms with Gasteiger partial charge in [-0.3, -0.25) is 4.79 Å². The second kappa shape index (κ2) is 11.0. The molecule has 4 atom stereocenters. The lowest BCUT2D eigenvalue weighted by Gasteiger charge is -2.22. The van der Waals surface area contributed by atoms with Gasteiger partial charge in [0.2, 0.25) is 5.79 Å². The summed E-state index contributed by atoms with van der Waals surface area (Å²) in [5.41, 5.74) is 0. The Balaban J connectivity index is 1.97. The molecule has 0 bridgehead atoms. The van der Waals surface area contributed by atoms with Crippen LogP contribution in [0.5, 0.6) is 0 Å². The van der Waals surface area contributed by atoms with Crippen molar-refractivity contribution in [3.8, 4) is 0 Å². The predicted molar refractivity (Wildman–Crippen MR) is 86.4 cm³/mol. The van der Waals surface area contributed by atoms with Gasteiger partial charge in [0.15, 0.2) is 0 Å². The highest BCUT2D eigenvalue weighted by molar-refractivity contribution is 5.66. The molecule has 0 saturated carbocycles. The first-order chi connectivity index (χ1) is 11.4. The van der Waals surface area contributed by atoms with Gasteiger partial charge in [0.25, 0.3) is 0 Å². The van der Waals surface area contributed by atoms with Crippen LogP contribution >= 0.6 is 0 Å². The molecule has 0 unspecified atom stereocenters. The number of hydrogen-bond donors (Lipinski definition) is 6. The molecule has 0 radical (unpaired) electrons. The lowest BCUT2D eigenvalue weighted by Crippen LogP contribution is -2.46. The van der Waals surface area contributed by atoms with E-state index in [4.69, 9.17) is 14.9 Å². The first-order valence-electron chi connectivity index (χ1n) is 8.70. The summed E-state index contributed by atoms with van der Waals surface area (Å²) in [5.74, 6) is -2.82. The Morgan fingerprint density at radius 1 is 1.04 bits per heavy atom. The molecular weight excluding hydrogens is 318 g/mol. The molecular formula is C16H31NO7. The van der Waals surface area contributed by atoms with E-state index in [1.165, 1.54) is 0 Å². The normalized spacial score (nSPS) is 29.9. The summed E-state index contributed by atoms with van der Waals surface area (Å²) in [6.45, 7) is 0.253. The van der Waals surface area contributed by atoms with Crippen molar-refractivity contribution in [1.82, 2.24) is 5.32 Å². The molecule has 8 nitrogen and oxygen atoms in total. The summed E-state index contributed by atoms with van der Waals surface area (Å²) < 4.78 is 5.12. The fourth-order valence-corrected chi connectivity index (χ4v) is 2.82.